The van der Waals surface area contributed by atoms with Crippen molar-refractivity contribution in [2.75, 3.05) is 13.1 Å². The Morgan fingerprint density at radius 1 is 1.27 bits per heavy atom. The summed E-state index contributed by atoms with van der Waals surface area (Å²) in [7, 11) is 0. The van der Waals surface area contributed by atoms with E-state index < -0.39 is 0 Å². The van der Waals surface area contributed by atoms with E-state index in [0.717, 1.165) is 57.4 Å². The first-order chi connectivity index (χ1) is 10.7. The molecule has 1 saturated carbocycles. The summed E-state index contributed by atoms with van der Waals surface area (Å²) in [5.41, 5.74) is 0. The quantitative estimate of drug-likeness (QED) is 0.821. The molecule has 22 heavy (non-hydrogen) atoms. The van der Waals surface area contributed by atoms with E-state index in [0.29, 0.717) is 6.42 Å². The largest absolute Gasteiger partial charge is 0.393 e. The Morgan fingerprint density at radius 2 is 1.95 bits per heavy atom. The van der Waals surface area contributed by atoms with Gasteiger partial charge in [0.2, 0.25) is 5.91 Å². The number of aromatic nitrogens is 4. The van der Waals surface area contributed by atoms with Crippen molar-refractivity contribution in [2.45, 2.75) is 70.9 Å². The third-order valence-electron chi connectivity index (χ3n) is 4.48. The number of carbonyl (C=O) groups is 1. The molecule has 0 aliphatic heterocycles. The molecule has 0 atom stereocenters. The highest BCUT2D eigenvalue weighted by Crippen LogP contribution is 2.28. The molecule has 124 valence electrons. The van der Waals surface area contributed by atoms with E-state index in [-0.39, 0.29) is 18.1 Å². The van der Waals surface area contributed by atoms with Crippen LogP contribution in [0.2, 0.25) is 0 Å². The van der Waals surface area contributed by atoms with Gasteiger partial charge in [0.15, 0.2) is 5.82 Å². The molecule has 0 spiro atoms. The fourth-order valence-corrected chi connectivity index (χ4v) is 3.10. The summed E-state index contributed by atoms with van der Waals surface area (Å²) in [6.07, 6.45) is 5.30. The van der Waals surface area contributed by atoms with Crippen LogP contribution in [-0.2, 0) is 11.2 Å². The average Bonchev–Trinajstić information content (AvgIpc) is 2.98. The Bertz CT molecular complexity index is 464. The maximum atomic E-state index is 12.0. The predicted octanol–water partition coefficient (Wildman–Crippen LogP) is 1.34. The topological polar surface area (TPSA) is 84.1 Å². The van der Waals surface area contributed by atoms with Crippen molar-refractivity contribution in [3.05, 3.63) is 5.82 Å². The van der Waals surface area contributed by atoms with Crippen LogP contribution < -0.4 is 0 Å². The van der Waals surface area contributed by atoms with Crippen LogP contribution in [0.25, 0.3) is 0 Å². The summed E-state index contributed by atoms with van der Waals surface area (Å²) in [4.78, 5) is 13.8. The number of hydrogen-bond acceptors (Lipinski definition) is 5. The van der Waals surface area contributed by atoms with E-state index in [1.807, 2.05) is 23.4 Å². The van der Waals surface area contributed by atoms with Gasteiger partial charge in [-0.2, -0.15) is 0 Å². The normalized spacial score (nSPS) is 21.8. The van der Waals surface area contributed by atoms with E-state index in [1.165, 1.54) is 0 Å². The van der Waals surface area contributed by atoms with Gasteiger partial charge >= 0.3 is 0 Å². The van der Waals surface area contributed by atoms with Gasteiger partial charge in [-0.3, -0.25) is 4.79 Å². The average molecular weight is 309 g/mol. The minimum atomic E-state index is -0.178. The fourth-order valence-electron chi connectivity index (χ4n) is 3.10. The van der Waals surface area contributed by atoms with Crippen LogP contribution in [0.15, 0.2) is 0 Å². The van der Waals surface area contributed by atoms with Crippen LogP contribution in [0.4, 0.5) is 0 Å². The van der Waals surface area contributed by atoms with Crippen LogP contribution in [0, 0.1) is 0 Å². The van der Waals surface area contributed by atoms with Gasteiger partial charge in [-0.05, 0) is 56.4 Å². The van der Waals surface area contributed by atoms with Gasteiger partial charge in [0, 0.05) is 25.9 Å². The monoisotopic (exact) mass is 309 g/mol. The number of rotatable bonds is 7. The van der Waals surface area contributed by atoms with E-state index in [4.69, 9.17) is 0 Å². The first-order valence-corrected chi connectivity index (χ1v) is 8.38. The second-order valence-electron chi connectivity index (χ2n) is 5.92. The summed E-state index contributed by atoms with van der Waals surface area (Å²) in [5, 5.41) is 21.6. The Balaban J connectivity index is 1.84. The van der Waals surface area contributed by atoms with Gasteiger partial charge in [-0.15, -0.1) is 5.10 Å². The maximum Gasteiger partial charge on any atom is 0.222 e. The van der Waals surface area contributed by atoms with Gasteiger partial charge in [-0.25, -0.2) is 4.68 Å². The molecular weight excluding hydrogens is 282 g/mol. The standard InChI is InChI=1S/C15H27N5O2/c1-3-19(4-2)15(22)7-5-6-14-16-17-18-20(14)12-8-10-13(21)11-9-12/h12-13,21H,3-11H2,1-2H3. The molecule has 0 aromatic carbocycles. The Kier molecular flexibility index (Phi) is 6.30. The van der Waals surface area contributed by atoms with Crippen molar-refractivity contribution in [3.63, 3.8) is 0 Å². The first-order valence-electron chi connectivity index (χ1n) is 8.38. The number of hydrogen-bond donors (Lipinski definition) is 1. The number of nitrogens with zero attached hydrogens (tertiary/aromatic N) is 5. The third kappa shape index (κ3) is 4.25. The van der Waals surface area contributed by atoms with Crippen LogP contribution in [0.5, 0.6) is 0 Å². The second kappa shape index (κ2) is 8.22. The SMILES string of the molecule is CCN(CC)C(=O)CCCc1nnnn1C1CCC(O)CC1. The molecule has 1 aromatic rings. The van der Waals surface area contributed by atoms with E-state index >= 15 is 0 Å². The van der Waals surface area contributed by atoms with Crippen LogP contribution in [0.3, 0.4) is 0 Å². The van der Waals surface area contributed by atoms with E-state index in [9.17, 15) is 9.90 Å². The maximum absolute atomic E-state index is 12.0. The van der Waals surface area contributed by atoms with Gasteiger partial charge in [0.05, 0.1) is 12.1 Å². The molecule has 0 saturated heterocycles. The van der Waals surface area contributed by atoms with Crippen LogP contribution in [0.1, 0.15) is 64.2 Å². The molecule has 1 amide bonds. The first kappa shape index (κ1) is 16.9. The van der Waals surface area contributed by atoms with Gasteiger partial charge < -0.3 is 10.0 Å². The van der Waals surface area contributed by atoms with Gasteiger partial charge in [-0.1, -0.05) is 0 Å². The third-order valence-corrected chi connectivity index (χ3v) is 4.48. The molecule has 2 rings (SSSR count). The lowest BCUT2D eigenvalue weighted by Crippen LogP contribution is -2.30. The fraction of sp³-hybridized carbons (Fsp3) is 0.867. The number of aliphatic hydroxyl groups excluding tert-OH is 1. The number of aliphatic hydroxyl groups is 1. The zero-order valence-electron chi connectivity index (χ0n) is 13.6. The zero-order valence-corrected chi connectivity index (χ0v) is 13.6. The summed E-state index contributed by atoms with van der Waals surface area (Å²) in [6, 6.07) is 0.284. The molecule has 7 heteroatoms. The number of tetrazole rings is 1. The second-order valence-corrected chi connectivity index (χ2v) is 5.92. The number of carbonyl (C=O) groups excluding carboxylic acids is 1. The summed E-state index contributed by atoms with van der Waals surface area (Å²) in [5.74, 6) is 1.05. The van der Waals surface area contributed by atoms with Gasteiger partial charge in [0.25, 0.3) is 0 Å². The Morgan fingerprint density at radius 3 is 2.59 bits per heavy atom. The lowest BCUT2D eigenvalue weighted by Gasteiger charge is -2.25. The van der Waals surface area contributed by atoms with Crippen molar-refractivity contribution in [3.8, 4) is 0 Å². The summed E-state index contributed by atoms with van der Waals surface area (Å²) in [6.45, 7) is 5.52. The van der Waals surface area contributed by atoms with Crippen molar-refractivity contribution in [1.29, 1.82) is 0 Å². The van der Waals surface area contributed by atoms with E-state index in [2.05, 4.69) is 15.5 Å². The molecule has 0 bridgehead atoms. The van der Waals surface area contributed by atoms with Crippen molar-refractivity contribution >= 4 is 5.91 Å². The lowest BCUT2D eigenvalue weighted by molar-refractivity contribution is -0.130. The number of aryl methyl sites for hydroxylation is 1. The Labute approximate surface area is 131 Å². The highest BCUT2D eigenvalue weighted by atomic mass is 16.3. The van der Waals surface area contributed by atoms with Crippen molar-refractivity contribution in [1.82, 2.24) is 25.1 Å². The molecule has 0 unspecified atom stereocenters. The highest BCUT2D eigenvalue weighted by Gasteiger charge is 2.24. The van der Waals surface area contributed by atoms with E-state index in [1.54, 1.807) is 0 Å². The molecule has 1 aliphatic carbocycles. The minimum Gasteiger partial charge on any atom is -0.393 e. The minimum absolute atomic E-state index is 0.178. The zero-order chi connectivity index (χ0) is 15.9. The number of amides is 1. The molecule has 1 aliphatic rings. The predicted molar refractivity (Wildman–Crippen MR) is 82.2 cm³/mol. The molecule has 7 nitrogen and oxygen atoms in total. The highest BCUT2D eigenvalue weighted by molar-refractivity contribution is 5.76. The van der Waals surface area contributed by atoms with Crippen LogP contribution >= 0.6 is 0 Å². The van der Waals surface area contributed by atoms with Gasteiger partial charge in [0.1, 0.15) is 0 Å². The lowest BCUT2D eigenvalue weighted by atomic mass is 9.93. The molecule has 1 heterocycles. The molecule has 0 radical (unpaired) electrons. The summed E-state index contributed by atoms with van der Waals surface area (Å²) >= 11 is 0. The molecule has 1 aromatic heterocycles. The smallest absolute Gasteiger partial charge is 0.222 e. The molecular formula is C15H27N5O2. The van der Waals surface area contributed by atoms with Crippen molar-refractivity contribution < 1.29 is 9.90 Å². The van der Waals surface area contributed by atoms with Crippen molar-refractivity contribution in [2.24, 2.45) is 0 Å². The molecule has 1 fully saturated rings. The molecule has 1 N–H and O–H groups in total. The summed E-state index contributed by atoms with van der Waals surface area (Å²) < 4.78 is 1.90. The Hall–Kier alpha value is -1.50. The van der Waals surface area contributed by atoms with Crippen LogP contribution in [-0.4, -0.2) is 55.3 Å².